The van der Waals surface area contributed by atoms with Crippen LogP contribution in [0, 0.1) is 0 Å². The van der Waals surface area contributed by atoms with E-state index in [-0.39, 0.29) is 0 Å². The highest BCUT2D eigenvalue weighted by molar-refractivity contribution is 5.91. The second-order valence-corrected chi connectivity index (χ2v) is 4.09. The van der Waals surface area contributed by atoms with Crippen molar-refractivity contribution in [3.8, 4) is 0 Å². The highest BCUT2D eigenvalue weighted by Crippen LogP contribution is 2.08. The van der Waals surface area contributed by atoms with E-state index in [1.807, 2.05) is 0 Å². The minimum absolute atomic E-state index is 0.481. The van der Waals surface area contributed by atoms with Crippen LogP contribution >= 0.6 is 0 Å². The molecular weight excluding hydrogens is 194 g/mol. The number of aliphatic imine (C=N–C) groups is 1. The summed E-state index contributed by atoms with van der Waals surface area (Å²) in [5, 5.41) is 3.94. The molecule has 0 saturated carbocycles. The van der Waals surface area contributed by atoms with Crippen LogP contribution in [0.25, 0.3) is 0 Å². The van der Waals surface area contributed by atoms with Crippen LogP contribution in [0.15, 0.2) is 23.5 Å². The first-order valence-electron chi connectivity index (χ1n) is 4.67. The van der Waals surface area contributed by atoms with Crippen molar-refractivity contribution >= 4 is 11.9 Å². The number of aromatic nitrogens is 2. The van der Waals surface area contributed by atoms with Crippen molar-refractivity contribution in [3.63, 3.8) is 0 Å². The maximum Gasteiger partial charge on any atom is 0.435 e. The van der Waals surface area contributed by atoms with E-state index in [2.05, 4.69) is 10.1 Å². The molecule has 1 aromatic heterocycles. The predicted octanol–water partition coefficient (Wildman–Crippen LogP) is 2.08. The lowest BCUT2D eigenvalue weighted by molar-refractivity contribution is 0.0603. The van der Waals surface area contributed by atoms with E-state index in [1.165, 1.54) is 4.68 Å². The Morgan fingerprint density at radius 2 is 2.13 bits per heavy atom. The fourth-order valence-corrected chi connectivity index (χ4v) is 0.928. The zero-order valence-electron chi connectivity index (χ0n) is 9.39. The van der Waals surface area contributed by atoms with E-state index in [0.29, 0.717) is 5.84 Å². The molecule has 15 heavy (non-hydrogen) atoms. The van der Waals surface area contributed by atoms with Gasteiger partial charge >= 0.3 is 6.09 Å². The molecule has 0 aromatic carbocycles. The Morgan fingerprint density at radius 3 is 2.60 bits per heavy atom. The lowest BCUT2D eigenvalue weighted by atomic mass is 10.2. The molecule has 5 nitrogen and oxygen atoms in total. The summed E-state index contributed by atoms with van der Waals surface area (Å²) < 4.78 is 6.54. The highest BCUT2D eigenvalue weighted by Gasteiger charge is 2.15. The molecule has 0 radical (unpaired) electrons. The summed E-state index contributed by atoms with van der Waals surface area (Å²) in [6.45, 7) is 7.08. The third kappa shape index (κ3) is 3.93. The number of hydrogen-bond acceptors (Lipinski definition) is 3. The van der Waals surface area contributed by atoms with E-state index in [1.54, 1.807) is 46.2 Å². The number of carbonyl (C=O) groups is 1. The molecule has 0 aliphatic rings. The van der Waals surface area contributed by atoms with E-state index in [0.717, 1.165) is 0 Å². The monoisotopic (exact) mass is 209 g/mol. The largest absolute Gasteiger partial charge is 0.442 e. The van der Waals surface area contributed by atoms with Crippen molar-refractivity contribution in [1.29, 1.82) is 0 Å². The van der Waals surface area contributed by atoms with Gasteiger partial charge in [0.2, 0.25) is 0 Å². The first kappa shape index (κ1) is 11.4. The summed E-state index contributed by atoms with van der Waals surface area (Å²) in [6.07, 6.45) is 2.73. The van der Waals surface area contributed by atoms with Gasteiger partial charge in [-0.1, -0.05) is 0 Å². The summed E-state index contributed by atoms with van der Waals surface area (Å²) in [5.74, 6) is 0.481. The van der Waals surface area contributed by atoms with Gasteiger partial charge in [0.15, 0.2) is 0 Å². The van der Waals surface area contributed by atoms with Gasteiger partial charge < -0.3 is 4.74 Å². The zero-order valence-corrected chi connectivity index (χ0v) is 9.39. The molecule has 0 unspecified atom stereocenters. The van der Waals surface area contributed by atoms with Crippen LogP contribution in [-0.4, -0.2) is 27.3 Å². The molecule has 0 aliphatic carbocycles. The molecule has 1 heterocycles. The molecule has 1 aromatic rings. The Bertz CT molecular complexity index is 361. The number of rotatable bonds is 0. The average Bonchev–Trinajstić information content (AvgIpc) is 2.50. The van der Waals surface area contributed by atoms with Gasteiger partial charge in [-0.05, 0) is 33.8 Å². The summed E-state index contributed by atoms with van der Waals surface area (Å²) >= 11 is 0. The van der Waals surface area contributed by atoms with Crippen molar-refractivity contribution in [2.24, 2.45) is 4.99 Å². The summed E-state index contributed by atoms with van der Waals surface area (Å²) in [7, 11) is 0. The smallest absolute Gasteiger partial charge is 0.435 e. The fourth-order valence-electron chi connectivity index (χ4n) is 0.928. The van der Waals surface area contributed by atoms with Gasteiger partial charge in [0.05, 0.1) is 0 Å². The van der Waals surface area contributed by atoms with E-state index in [9.17, 15) is 4.79 Å². The molecule has 0 saturated heterocycles. The van der Waals surface area contributed by atoms with Gasteiger partial charge in [0, 0.05) is 12.4 Å². The van der Waals surface area contributed by atoms with Crippen molar-refractivity contribution in [2.45, 2.75) is 33.3 Å². The number of hydrogen-bond donors (Lipinski definition) is 0. The molecule has 0 atom stereocenters. The molecule has 5 heteroatoms. The molecule has 0 N–H and O–H groups in total. The van der Waals surface area contributed by atoms with Crippen molar-refractivity contribution in [2.75, 3.05) is 0 Å². The van der Waals surface area contributed by atoms with E-state index < -0.39 is 11.7 Å². The Morgan fingerprint density at radius 1 is 1.47 bits per heavy atom. The van der Waals surface area contributed by atoms with Crippen LogP contribution < -0.4 is 0 Å². The molecule has 82 valence electrons. The first-order valence-corrected chi connectivity index (χ1v) is 4.67. The Hall–Kier alpha value is -1.65. The topological polar surface area (TPSA) is 56.5 Å². The predicted molar refractivity (Wildman–Crippen MR) is 57.0 cm³/mol. The number of nitrogens with zero attached hydrogens (tertiary/aromatic N) is 3. The summed E-state index contributed by atoms with van der Waals surface area (Å²) in [5.41, 5.74) is -0.523. The Kier molecular flexibility index (Phi) is 3.24. The first-order chi connectivity index (χ1) is 6.88. The van der Waals surface area contributed by atoms with E-state index >= 15 is 0 Å². The Labute approximate surface area is 88.8 Å². The lowest BCUT2D eigenvalue weighted by Crippen LogP contribution is -2.23. The standard InChI is InChI=1S/C10H15N3O2/c1-8(13-7-5-6-11-13)12-9(14)15-10(2,3)4/h5-7H,1-4H3/b12-8-. The molecule has 0 bridgehead atoms. The van der Waals surface area contributed by atoms with Crippen LogP contribution in [0.5, 0.6) is 0 Å². The SMILES string of the molecule is C/C(=N/C(=O)OC(C)(C)C)n1cccn1. The Balaban J connectivity index is 2.68. The molecule has 0 spiro atoms. The number of carbonyl (C=O) groups excluding carboxylic acids is 1. The third-order valence-electron chi connectivity index (χ3n) is 1.48. The third-order valence-corrected chi connectivity index (χ3v) is 1.48. The normalized spacial score (nSPS) is 12.7. The molecular formula is C10H15N3O2. The fraction of sp³-hybridized carbons (Fsp3) is 0.500. The molecule has 0 fully saturated rings. The zero-order chi connectivity index (χ0) is 11.5. The maximum atomic E-state index is 11.3. The van der Waals surface area contributed by atoms with Crippen LogP contribution in [-0.2, 0) is 4.74 Å². The number of ether oxygens (including phenoxy) is 1. The molecule has 0 aliphatic heterocycles. The van der Waals surface area contributed by atoms with Crippen LogP contribution in [0.1, 0.15) is 27.7 Å². The second-order valence-electron chi connectivity index (χ2n) is 4.09. The minimum atomic E-state index is -0.601. The maximum absolute atomic E-state index is 11.3. The molecule has 1 amide bonds. The van der Waals surface area contributed by atoms with Gasteiger partial charge in [-0.2, -0.15) is 10.1 Å². The van der Waals surface area contributed by atoms with Crippen LogP contribution in [0.4, 0.5) is 4.79 Å². The van der Waals surface area contributed by atoms with Gasteiger partial charge in [-0.15, -0.1) is 0 Å². The lowest BCUT2D eigenvalue weighted by Gasteiger charge is -2.17. The van der Waals surface area contributed by atoms with E-state index in [4.69, 9.17) is 4.74 Å². The van der Waals surface area contributed by atoms with Gasteiger partial charge in [0.1, 0.15) is 11.4 Å². The quantitative estimate of drug-likeness (QED) is 0.485. The summed E-state index contributed by atoms with van der Waals surface area (Å²) in [4.78, 5) is 15.1. The minimum Gasteiger partial charge on any atom is -0.442 e. The van der Waals surface area contributed by atoms with Gasteiger partial charge in [0.25, 0.3) is 0 Å². The van der Waals surface area contributed by atoms with Crippen molar-refractivity contribution in [3.05, 3.63) is 18.5 Å². The van der Waals surface area contributed by atoms with Crippen LogP contribution in [0.2, 0.25) is 0 Å². The second kappa shape index (κ2) is 4.25. The molecule has 1 rings (SSSR count). The summed E-state index contributed by atoms with van der Waals surface area (Å²) in [6, 6.07) is 1.76. The average molecular weight is 209 g/mol. The highest BCUT2D eigenvalue weighted by atomic mass is 16.6. The van der Waals surface area contributed by atoms with Crippen molar-refractivity contribution < 1.29 is 9.53 Å². The van der Waals surface area contributed by atoms with Crippen LogP contribution in [0.3, 0.4) is 0 Å². The number of amides is 1. The van der Waals surface area contributed by atoms with Gasteiger partial charge in [-0.3, -0.25) is 0 Å². The van der Waals surface area contributed by atoms with Crippen molar-refractivity contribution in [1.82, 2.24) is 9.78 Å². The van der Waals surface area contributed by atoms with Gasteiger partial charge in [-0.25, -0.2) is 9.48 Å².